The number of nitrogens with two attached hydrogens (primary N) is 1. The minimum atomic E-state index is -0.619. The van der Waals surface area contributed by atoms with Crippen LogP contribution in [0.2, 0.25) is 0 Å². The van der Waals surface area contributed by atoms with Crippen LogP contribution in [0.3, 0.4) is 0 Å². The van der Waals surface area contributed by atoms with Crippen molar-refractivity contribution in [2.24, 2.45) is 0 Å². The summed E-state index contributed by atoms with van der Waals surface area (Å²) in [6.07, 6.45) is 3.05. The Labute approximate surface area is 220 Å². The van der Waals surface area contributed by atoms with Crippen LogP contribution in [0.1, 0.15) is 21.7 Å². The molecule has 4 heterocycles. The van der Waals surface area contributed by atoms with Gasteiger partial charge in [0.05, 0.1) is 23.7 Å². The first-order chi connectivity index (χ1) is 18.9. The van der Waals surface area contributed by atoms with E-state index in [-0.39, 0.29) is 29.2 Å². The quantitative estimate of drug-likeness (QED) is 0.325. The number of carbonyl (C=O) groups excluding carboxylic acids is 1. The van der Waals surface area contributed by atoms with Crippen molar-refractivity contribution < 1.29 is 14.6 Å². The van der Waals surface area contributed by atoms with Gasteiger partial charge >= 0.3 is 5.97 Å². The Hall–Kier alpha value is -5.52. The Morgan fingerprint density at radius 1 is 1.08 bits per heavy atom. The van der Waals surface area contributed by atoms with Crippen LogP contribution in [0.25, 0.3) is 33.5 Å². The Morgan fingerprint density at radius 3 is 2.64 bits per heavy atom. The summed E-state index contributed by atoms with van der Waals surface area (Å²) in [6, 6.07) is 15.3. The molecule has 0 unspecified atom stereocenters. The van der Waals surface area contributed by atoms with Crippen LogP contribution in [0.4, 0.5) is 5.82 Å². The van der Waals surface area contributed by atoms with Gasteiger partial charge in [0.25, 0.3) is 5.56 Å². The van der Waals surface area contributed by atoms with E-state index in [0.29, 0.717) is 39.3 Å². The Balaban J connectivity index is 1.58. The van der Waals surface area contributed by atoms with E-state index >= 15 is 0 Å². The molecule has 0 atom stereocenters. The smallest absolute Gasteiger partial charge is 0.338 e. The summed E-state index contributed by atoms with van der Waals surface area (Å²) in [5.41, 5.74) is 9.22. The molecule has 39 heavy (non-hydrogen) atoms. The van der Waals surface area contributed by atoms with Gasteiger partial charge in [-0.15, -0.1) is 0 Å². The number of esters is 1. The zero-order valence-corrected chi connectivity index (χ0v) is 20.9. The minimum Gasteiger partial charge on any atom is -0.508 e. The third kappa shape index (κ3) is 3.94. The van der Waals surface area contributed by atoms with Gasteiger partial charge in [-0.1, -0.05) is 18.2 Å². The average molecular weight is 523 g/mol. The number of rotatable bonds is 5. The molecule has 12 nitrogen and oxygen atoms in total. The maximum absolute atomic E-state index is 13.7. The Kier molecular flexibility index (Phi) is 5.56. The molecule has 0 saturated carbocycles. The van der Waals surface area contributed by atoms with Gasteiger partial charge in [-0.2, -0.15) is 10.2 Å². The lowest BCUT2D eigenvalue weighted by atomic mass is 10.1. The number of nitrogens with zero attached hydrogens (tertiary/aromatic N) is 7. The fourth-order valence-corrected chi connectivity index (χ4v) is 4.66. The highest BCUT2D eigenvalue weighted by Crippen LogP contribution is 2.33. The summed E-state index contributed by atoms with van der Waals surface area (Å²) in [7, 11) is 1.25. The second kappa shape index (κ2) is 9.10. The van der Waals surface area contributed by atoms with Crippen LogP contribution in [-0.4, -0.2) is 52.1 Å². The lowest BCUT2D eigenvalue weighted by Crippen LogP contribution is -2.28. The third-order valence-electron chi connectivity index (χ3n) is 6.43. The van der Waals surface area contributed by atoms with E-state index in [9.17, 15) is 14.7 Å². The first-order valence-corrected chi connectivity index (χ1v) is 11.9. The molecule has 0 spiro atoms. The predicted molar refractivity (Wildman–Crippen MR) is 143 cm³/mol. The maximum Gasteiger partial charge on any atom is 0.338 e. The van der Waals surface area contributed by atoms with Gasteiger partial charge < -0.3 is 15.6 Å². The first kappa shape index (κ1) is 23.9. The van der Waals surface area contributed by atoms with E-state index < -0.39 is 5.97 Å². The van der Waals surface area contributed by atoms with E-state index in [0.717, 1.165) is 5.56 Å². The number of nitrogen functional groups attached to an aromatic ring is 1. The molecule has 0 saturated heterocycles. The molecule has 6 aromatic rings. The monoisotopic (exact) mass is 522 g/mol. The van der Waals surface area contributed by atoms with Gasteiger partial charge in [-0.3, -0.25) is 9.36 Å². The number of phenolic OH excluding ortho intramolecular Hbond substituents is 1. The molecule has 194 valence electrons. The Morgan fingerprint density at radius 2 is 1.87 bits per heavy atom. The molecule has 0 aliphatic heterocycles. The third-order valence-corrected chi connectivity index (χ3v) is 6.43. The van der Waals surface area contributed by atoms with Gasteiger partial charge in [-0.25, -0.2) is 24.0 Å². The lowest BCUT2D eigenvalue weighted by Gasteiger charge is -2.13. The molecular formula is C27H22N8O4. The van der Waals surface area contributed by atoms with Gasteiger partial charge in [0, 0.05) is 11.8 Å². The summed E-state index contributed by atoms with van der Waals surface area (Å²) in [5.74, 6) is -0.215. The molecule has 4 aromatic heterocycles. The van der Waals surface area contributed by atoms with E-state index in [1.54, 1.807) is 20.0 Å². The standard InChI is InChI=1S/C27H22N8O4/c1-15-8-9-33-23(15)26(37)35(18-6-4-3-5-7-18)20(31-33)13-34-25-21(24(28)29-14-30-25)22(32-34)16-10-17(27(38)39-2)12-19(36)11-16/h3-12,14,36H,13H2,1-2H3,(H2,28,29,30). The van der Waals surface area contributed by atoms with Crippen molar-refractivity contribution in [1.82, 2.24) is 33.9 Å². The van der Waals surface area contributed by atoms with E-state index in [1.807, 2.05) is 43.3 Å². The highest BCUT2D eigenvalue weighted by molar-refractivity contribution is 6.00. The Bertz CT molecular complexity index is 1960. The summed E-state index contributed by atoms with van der Waals surface area (Å²) < 4.78 is 9.48. The van der Waals surface area contributed by atoms with Crippen molar-refractivity contribution in [2.45, 2.75) is 13.5 Å². The number of hydrogen-bond donors (Lipinski definition) is 2. The average Bonchev–Trinajstić information content (AvgIpc) is 3.50. The van der Waals surface area contributed by atoms with E-state index in [1.165, 1.54) is 31.6 Å². The number of benzene rings is 2. The molecule has 0 fully saturated rings. The summed E-state index contributed by atoms with van der Waals surface area (Å²) in [4.78, 5) is 34.4. The van der Waals surface area contributed by atoms with Crippen molar-refractivity contribution in [3.05, 3.63) is 94.4 Å². The number of anilines is 1. The van der Waals surface area contributed by atoms with Crippen molar-refractivity contribution in [1.29, 1.82) is 0 Å². The van der Waals surface area contributed by atoms with Crippen LogP contribution in [0, 0.1) is 6.92 Å². The topological polar surface area (TPSA) is 155 Å². The first-order valence-electron chi connectivity index (χ1n) is 11.9. The fraction of sp³-hybridized carbons (Fsp3) is 0.111. The summed E-state index contributed by atoms with van der Waals surface area (Å²) >= 11 is 0. The van der Waals surface area contributed by atoms with Gasteiger partial charge in [0.15, 0.2) is 11.5 Å². The number of ether oxygens (including phenoxy) is 1. The molecule has 0 bridgehead atoms. The summed E-state index contributed by atoms with van der Waals surface area (Å²) in [5, 5.41) is 20.2. The number of para-hydroxylation sites is 1. The van der Waals surface area contributed by atoms with Crippen molar-refractivity contribution >= 4 is 28.3 Å². The number of hydrogen-bond acceptors (Lipinski definition) is 9. The fourth-order valence-electron chi connectivity index (χ4n) is 4.66. The molecule has 3 N–H and O–H groups in total. The maximum atomic E-state index is 13.7. The van der Waals surface area contributed by atoms with Crippen molar-refractivity contribution in [3.8, 4) is 22.7 Å². The van der Waals surface area contributed by atoms with Crippen LogP contribution >= 0.6 is 0 Å². The molecule has 0 aliphatic carbocycles. The molecule has 6 rings (SSSR count). The zero-order chi connectivity index (χ0) is 27.3. The zero-order valence-electron chi connectivity index (χ0n) is 20.9. The van der Waals surface area contributed by atoms with Crippen LogP contribution < -0.4 is 11.3 Å². The molecule has 0 amide bonds. The number of fused-ring (bicyclic) bond motifs is 2. The molecule has 0 radical (unpaired) electrons. The highest BCUT2D eigenvalue weighted by atomic mass is 16.5. The molecule has 2 aromatic carbocycles. The van der Waals surface area contributed by atoms with Crippen LogP contribution in [-0.2, 0) is 11.3 Å². The predicted octanol–water partition coefficient (Wildman–Crippen LogP) is 2.72. The molecular weight excluding hydrogens is 500 g/mol. The number of aryl methyl sites for hydroxylation is 1. The van der Waals surface area contributed by atoms with Crippen LogP contribution in [0.5, 0.6) is 5.75 Å². The van der Waals surface area contributed by atoms with Crippen LogP contribution in [0.15, 0.2) is 71.9 Å². The van der Waals surface area contributed by atoms with Crippen molar-refractivity contribution in [3.63, 3.8) is 0 Å². The van der Waals surface area contributed by atoms with Gasteiger partial charge in [0.2, 0.25) is 0 Å². The lowest BCUT2D eigenvalue weighted by molar-refractivity contribution is 0.0600. The SMILES string of the molecule is COC(=O)c1cc(O)cc(-c2nn(Cc3nn4ccc(C)c4c(=O)n3-c3ccccc3)c3ncnc(N)c23)c1. The van der Waals surface area contributed by atoms with Gasteiger partial charge in [-0.05, 0) is 48.9 Å². The second-order valence-corrected chi connectivity index (χ2v) is 8.91. The minimum absolute atomic E-state index is 0.0485. The number of phenols is 1. The number of carbonyl (C=O) groups is 1. The number of methoxy groups -OCH3 is 1. The van der Waals surface area contributed by atoms with Crippen molar-refractivity contribution in [2.75, 3.05) is 12.8 Å². The molecule has 12 heteroatoms. The largest absolute Gasteiger partial charge is 0.508 e. The van der Waals surface area contributed by atoms with E-state index in [2.05, 4.69) is 9.97 Å². The second-order valence-electron chi connectivity index (χ2n) is 8.91. The normalized spacial score (nSPS) is 11.3. The summed E-state index contributed by atoms with van der Waals surface area (Å²) in [6.45, 7) is 1.91. The molecule has 0 aliphatic rings. The highest BCUT2D eigenvalue weighted by Gasteiger charge is 2.22. The number of aromatic nitrogens is 7. The number of aromatic hydroxyl groups is 1. The van der Waals surface area contributed by atoms with E-state index in [4.69, 9.17) is 20.7 Å². The van der Waals surface area contributed by atoms with Gasteiger partial charge in [0.1, 0.15) is 35.7 Å².